The van der Waals surface area contributed by atoms with Gasteiger partial charge in [-0.05, 0) is 35.9 Å². The summed E-state index contributed by atoms with van der Waals surface area (Å²) < 4.78 is 36.0. The summed E-state index contributed by atoms with van der Waals surface area (Å²) >= 11 is 7.87. The first-order valence-electron chi connectivity index (χ1n) is 9.54. The van der Waals surface area contributed by atoms with E-state index >= 15 is 0 Å². The zero-order chi connectivity index (χ0) is 22.9. The molecule has 10 heteroatoms. The van der Waals surface area contributed by atoms with E-state index in [-0.39, 0.29) is 12.5 Å². The molecule has 31 heavy (non-hydrogen) atoms. The van der Waals surface area contributed by atoms with Crippen LogP contribution in [0.5, 0.6) is 11.5 Å². The first kappa shape index (κ1) is 25.2. The number of nitrogens with zero attached hydrogens (tertiary/aromatic N) is 1. The van der Waals surface area contributed by atoms with Gasteiger partial charge >= 0.3 is 0 Å². The Bertz CT molecular complexity index is 985. The Kier molecular flexibility index (Phi) is 9.80. The van der Waals surface area contributed by atoms with Crippen molar-refractivity contribution in [3.05, 3.63) is 53.1 Å². The second-order valence-corrected chi connectivity index (χ2v) is 10.1. The lowest BCUT2D eigenvalue weighted by molar-refractivity contribution is -0.119. The largest absolute Gasteiger partial charge is 0.493 e. The standard InChI is InChI=1S/C21H27ClN2O5S2/c1-28-19-10-9-17(13-20(19)29-2)24(31(3,26)27)14-21(25)23-11-6-12-30-15-16-7-4-5-8-18(16)22/h4-5,7-10,13H,6,11-12,14-15H2,1-3H3,(H,23,25). The molecule has 0 unspecified atom stereocenters. The van der Waals surface area contributed by atoms with E-state index in [0.29, 0.717) is 23.7 Å². The molecule has 0 heterocycles. The van der Waals surface area contributed by atoms with Crippen molar-refractivity contribution in [1.82, 2.24) is 5.32 Å². The molecule has 0 spiro atoms. The SMILES string of the molecule is COc1ccc(N(CC(=O)NCCCSCc2ccccc2Cl)S(C)(=O)=O)cc1OC. The molecule has 0 saturated heterocycles. The minimum Gasteiger partial charge on any atom is -0.493 e. The number of halogens is 1. The normalized spacial score (nSPS) is 11.1. The number of thioether (sulfide) groups is 1. The van der Waals surface area contributed by atoms with Crippen LogP contribution in [0, 0.1) is 0 Å². The van der Waals surface area contributed by atoms with Crippen molar-refractivity contribution in [2.24, 2.45) is 0 Å². The molecule has 0 atom stereocenters. The van der Waals surface area contributed by atoms with Crippen molar-refractivity contribution >= 4 is 45.0 Å². The summed E-state index contributed by atoms with van der Waals surface area (Å²) in [5.74, 6) is 2.12. The van der Waals surface area contributed by atoms with Crippen LogP contribution in [-0.2, 0) is 20.6 Å². The summed E-state index contributed by atoms with van der Waals surface area (Å²) in [4.78, 5) is 12.4. The summed E-state index contributed by atoms with van der Waals surface area (Å²) in [6.45, 7) is 0.138. The van der Waals surface area contributed by atoms with Crippen LogP contribution in [0.3, 0.4) is 0 Å². The number of benzene rings is 2. The van der Waals surface area contributed by atoms with Gasteiger partial charge in [0.15, 0.2) is 11.5 Å². The van der Waals surface area contributed by atoms with Crippen LogP contribution in [0.2, 0.25) is 5.02 Å². The van der Waals surface area contributed by atoms with Crippen LogP contribution in [-0.4, -0.2) is 53.6 Å². The summed E-state index contributed by atoms with van der Waals surface area (Å²) in [6, 6.07) is 12.4. The maximum Gasteiger partial charge on any atom is 0.240 e. The third kappa shape index (κ3) is 7.83. The topological polar surface area (TPSA) is 84.9 Å². The molecule has 0 aliphatic heterocycles. The van der Waals surface area contributed by atoms with Crippen molar-refractivity contribution in [2.75, 3.05) is 43.6 Å². The molecule has 0 aromatic heterocycles. The number of ether oxygens (including phenoxy) is 2. The molecular formula is C21H27ClN2O5S2. The molecule has 2 aromatic carbocycles. The van der Waals surface area contributed by atoms with Gasteiger partial charge in [-0.15, -0.1) is 0 Å². The number of methoxy groups -OCH3 is 2. The van der Waals surface area contributed by atoms with Gasteiger partial charge in [-0.2, -0.15) is 11.8 Å². The molecule has 0 bridgehead atoms. The fourth-order valence-electron chi connectivity index (χ4n) is 2.77. The van der Waals surface area contributed by atoms with Crippen LogP contribution >= 0.6 is 23.4 Å². The lowest BCUT2D eigenvalue weighted by atomic mass is 10.2. The molecule has 7 nitrogen and oxygen atoms in total. The van der Waals surface area contributed by atoms with Crippen LogP contribution in [0.4, 0.5) is 5.69 Å². The first-order valence-corrected chi connectivity index (χ1v) is 12.9. The van der Waals surface area contributed by atoms with Crippen molar-refractivity contribution in [2.45, 2.75) is 12.2 Å². The zero-order valence-corrected chi connectivity index (χ0v) is 20.1. The number of carbonyl (C=O) groups is 1. The summed E-state index contributed by atoms with van der Waals surface area (Å²) in [7, 11) is -0.719. The molecule has 0 radical (unpaired) electrons. The molecule has 2 aromatic rings. The van der Waals surface area contributed by atoms with Crippen LogP contribution in [0.25, 0.3) is 0 Å². The van der Waals surface area contributed by atoms with Crippen molar-refractivity contribution < 1.29 is 22.7 Å². The second kappa shape index (κ2) is 12.1. The highest BCUT2D eigenvalue weighted by atomic mass is 35.5. The third-order valence-corrected chi connectivity index (χ3v) is 6.95. The van der Waals surface area contributed by atoms with E-state index in [4.69, 9.17) is 21.1 Å². The highest BCUT2D eigenvalue weighted by Crippen LogP contribution is 2.32. The monoisotopic (exact) mass is 486 g/mol. The Labute approximate surface area is 193 Å². The molecule has 2 rings (SSSR count). The van der Waals surface area contributed by atoms with Gasteiger partial charge < -0.3 is 14.8 Å². The van der Waals surface area contributed by atoms with E-state index in [1.54, 1.807) is 23.9 Å². The van der Waals surface area contributed by atoms with Gasteiger partial charge in [0.1, 0.15) is 6.54 Å². The summed E-state index contributed by atoms with van der Waals surface area (Å²) in [5.41, 5.74) is 1.41. The number of amides is 1. The number of sulfonamides is 1. The van der Waals surface area contributed by atoms with Crippen molar-refractivity contribution in [1.29, 1.82) is 0 Å². The number of carbonyl (C=O) groups excluding carboxylic acids is 1. The second-order valence-electron chi connectivity index (χ2n) is 6.66. The maximum atomic E-state index is 12.4. The number of rotatable bonds is 12. The fraction of sp³-hybridized carbons (Fsp3) is 0.381. The van der Waals surface area contributed by atoms with Crippen LogP contribution in [0.1, 0.15) is 12.0 Å². The lowest BCUT2D eigenvalue weighted by Gasteiger charge is -2.23. The summed E-state index contributed by atoms with van der Waals surface area (Å²) in [6.07, 6.45) is 1.82. The fourth-order valence-corrected chi connectivity index (χ4v) is 4.86. The zero-order valence-electron chi connectivity index (χ0n) is 17.8. The average Bonchev–Trinajstić information content (AvgIpc) is 2.74. The van der Waals surface area contributed by atoms with Crippen molar-refractivity contribution in [3.63, 3.8) is 0 Å². The van der Waals surface area contributed by atoms with Crippen LogP contribution < -0.4 is 19.1 Å². The van der Waals surface area contributed by atoms with Gasteiger partial charge in [-0.3, -0.25) is 9.10 Å². The Balaban J connectivity index is 1.86. The van der Waals surface area contributed by atoms with Gasteiger partial charge in [0.2, 0.25) is 15.9 Å². The highest BCUT2D eigenvalue weighted by Gasteiger charge is 2.22. The van der Waals surface area contributed by atoms with E-state index in [1.807, 2.05) is 24.3 Å². The molecule has 1 N–H and O–H groups in total. The van der Waals surface area contributed by atoms with E-state index in [9.17, 15) is 13.2 Å². The number of nitrogens with one attached hydrogen (secondary N) is 1. The number of anilines is 1. The van der Waals surface area contributed by atoms with Gasteiger partial charge in [0.05, 0.1) is 26.2 Å². The van der Waals surface area contributed by atoms with Gasteiger partial charge in [-0.1, -0.05) is 29.8 Å². The minimum absolute atomic E-state index is 0.318. The third-order valence-electron chi connectivity index (χ3n) is 4.35. The smallest absolute Gasteiger partial charge is 0.240 e. The van der Waals surface area contributed by atoms with Crippen molar-refractivity contribution in [3.8, 4) is 11.5 Å². The molecule has 1 amide bonds. The predicted octanol–water partition coefficient (Wildman–Crippen LogP) is 3.56. The van der Waals surface area contributed by atoms with Crippen LogP contribution in [0.15, 0.2) is 42.5 Å². The maximum absolute atomic E-state index is 12.4. The Morgan fingerprint density at radius 2 is 1.84 bits per heavy atom. The van der Waals surface area contributed by atoms with Gasteiger partial charge in [-0.25, -0.2) is 8.42 Å². The Morgan fingerprint density at radius 1 is 1.13 bits per heavy atom. The van der Waals surface area contributed by atoms with E-state index in [1.165, 1.54) is 20.3 Å². The summed E-state index contributed by atoms with van der Waals surface area (Å²) in [5, 5.41) is 3.53. The molecule has 170 valence electrons. The quantitative estimate of drug-likeness (QED) is 0.462. The molecule has 0 fully saturated rings. The molecular weight excluding hydrogens is 460 g/mol. The Morgan fingerprint density at radius 3 is 2.48 bits per heavy atom. The van der Waals surface area contributed by atoms with Gasteiger partial charge in [0.25, 0.3) is 0 Å². The highest BCUT2D eigenvalue weighted by molar-refractivity contribution is 7.98. The lowest BCUT2D eigenvalue weighted by Crippen LogP contribution is -2.40. The predicted molar refractivity (Wildman–Crippen MR) is 127 cm³/mol. The molecule has 0 aliphatic carbocycles. The molecule has 0 aliphatic rings. The van der Waals surface area contributed by atoms with Gasteiger partial charge in [0, 0.05) is 23.4 Å². The Hall–Kier alpha value is -2.10. The van der Waals surface area contributed by atoms with E-state index < -0.39 is 10.0 Å². The average molecular weight is 487 g/mol. The van der Waals surface area contributed by atoms with E-state index in [2.05, 4.69) is 5.32 Å². The number of hydrogen-bond acceptors (Lipinski definition) is 6. The first-order chi connectivity index (χ1) is 14.8. The number of hydrogen-bond donors (Lipinski definition) is 1. The van der Waals surface area contributed by atoms with E-state index in [0.717, 1.165) is 39.1 Å². The minimum atomic E-state index is -3.67. The molecule has 0 saturated carbocycles.